The van der Waals surface area contributed by atoms with Gasteiger partial charge < -0.3 is 14.4 Å². The molecule has 2 unspecified atom stereocenters. The number of rotatable bonds is 4. The summed E-state index contributed by atoms with van der Waals surface area (Å²) < 4.78 is 5.46. The predicted molar refractivity (Wildman–Crippen MR) is 111 cm³/mol. The molecule has 1 amide bonds. The normalized spacial score (nSPS) is 23.2. The number of aromatic amines is 1. The molecule has 6 nitrogen and oxygen atoms in total. The van der Waals surface area contributed by atoms with Gasteiger partial charge in [-0.1, -0.05) is 23.9 Å². The van der Waals surface area contributed by atoms with Crippen molar-refractivity contribution in [3.8, 4) is 11.6 Å². The van der Waals surface area contributed by atoms with Gasteiger partial charge in [0.2, 0.25) is 0 Å². The summed E-state index contributed by atoms with van der Waals surface area (Å²) in [4.78, 5) is 23.8. The summed E-state index contributed by atoms with van der Waals surface area (Å²) >= 11 is 1.75. The number of nitrogens with one attached hydrogen (secondary N) is 1. The van der Waals surface area contributed by atoms with Crippen LogP contribution in [0.25, 0.3) is 11.6 Å². The summed E-state index contributed by atoms with van der Waals surface area (Å²) in [5.74, 6) is 2.28. The number of allylic oxidation sites excluding steroid dienone is 3. The van der Waals surface area contributed by atoms with E-state index in [1.54, 1.807) is 17.8 Å². The number of carbonyl (C=O) groups excluding carboxylic acids is 1. The van der Waals surface area contributed by atoms with Crippen LogP contribution in [0.4, 0.5) is 0 Å². The second-order valence-corrected chi connectivity index (χ2v) is 8.39. The number of aryl methyl sites for hydroxylation is 1. The first kappa shape index (κ1) is 18.8. The standard InChI is InChI=1S/C21H24N4O2S/c1-4-5-6-18-14(3)21(26)25-11-15(7-8-16(25)12-28-18)19-23-20(27-24-19)17-9-13(2)10-22-17/h4-6,9-10,15-16,22H,1,7-8,11-12H2,2-3H3. The minimum atomic E-state index is 0.0943. The number of thioether (sulfide) groups is 1. The third-order valence-corrected chi connectivity index (χ3v) is 6.64. The van der Waals surface area contributed by atoms with Crippen LogP contribution in [0.3, 0.4) is 0 Å². The zero-order chi connectivity index (χ0) is 19.7. The van der Waals surface area contributed by atoms with Gasteiger partial charge in [-0.05, 0) is 44.4 Å². The highest BCUT2D eigenvalue weighted by atomic mass is 32.2. The molecule has 28 heavy (non-hydrogen) atoms. The summed E-state index contributed by atoms with van der Waals surface area (Å²) in [7, 11) is 0. The minimum absolute atomic E-state index is 0.0943. The first-order chi connectivity index (χ1) is 13.6. The van der Waals surface area contributed by atoms with Gasteiger partial charge in [0.1, 0.15) is 5.69 Å². The summed E-state index contributed by atoms with van der Waals surface area (Å²) in [6, 6.07) is 2.23. The Balaban J connectivity index is 1.54. The number of carbonyl (C=O) groups is 1. The third kappa shape index (κ3) is 3.58. The maximum atomic E-state index is 13.1. The van der Waals surface area contributed by atoms with E-state index < -0.39 is 0 Å². The molecule has 2 atom stereocenters. The second kappa shape index (κ2) is 7.83. The van der Waals surface area contributed by atoms with Gasteiger partial charge in [-0.3, -0.25) is 4.79 Å². The van der Waals surface area contributed by atoms with E-state index in [0.29, 0.717) is 18.3 Å². The average molecular weight is 397 g/mol. The molecule has 2 aromatic rings. The van der Waals surface area contributed by atoms with Crippen LogP contribution in [0.1, 0.15) is 37.1 Å². The Morgan fingerprint density at radius 1 is 1.39 bits per heavy atom. The van der Waals surface area contributed by atoms with Crippen LogP contribution < -0.4 is 0 Å². The highest BCUT2D eigenvalue weighted by Crippen LogP contribution is 2.37. The van der Waals surface area contributed by atoms with Gasteiger partial charge in [0.15, 0.2) is 5.82 Å². The van der Waals surface area contributed by atoms with Crippen molar-refractivity contribution >= 4 is 17.7 Å². The van der Waals surface area contributed by atoms with E-state index in [-0.39, 0.29) is 17.9 Å². The van der Waals surface area contributed by atoms with Gasteiger partial charge in [0.25, 0.3) is 11.8 Å². The van der Waals surface area contributed by atoms with Gasteiger partial charge in [-0.15, -0.1) is 11.8 Å². The van der Waals surface area contributed by atoms with Crippen LogP contribution in [0, 0.1) is 6.92 Å². The molecule has 7 heteroatoms. The number of amides is 1. The Morgan fingerprint density at radius 3 is 3.00 bits per heavy atom. The van der Waals surface area contributed by atoms with Gasteiger partial charge in [0.05, 0.1) is 0 Å². The maximum absolute atomic E-state index is 13.1. The largest absolute Gasteiger partial charge is 0.357 e. The Bertz CT molecular complexity index is 955. The molecule has 0 bridgehead atoms. The van der Waals surface area contributed by atoms with Crippen LogP contribution in [0.15, 0.2) is 52.1 Å². The first-order valence-electron chi connectivity index (χ1n) is 9.49. The van der Waals surface area contributed by atoms with E-state index in [0.717, 1.165) is 40.3 Å². The molecule has 1 N–H and O–H groups in total. The van der Waals surface area contributed by atoms with Crippen molar-refractivity contribution in [1.82, 2.24) is 20.0 Å². The quantitative estimate of drug-likeness (QED) is 0.784. The molecule has 4 rings (SSSR count). The lowest BCUT2D eigenvalue weighted by Gasteiger charge is -2.37. The minimum Gasteiger partial charge on any atom is -0.357 e. The van der Waals surface area contributed by atoms with Gasteiger partial charge in [-0.25, -0.2) is 0 Å². The molecule has 4 heterocycles. The van der Waals surface area contributed by atoms with Crippen molar-refractivity contribution < 1.29 is 9.32 Å². The van der Waals surface area contributed by atoms with Crippen LogP contribution >= 0.6 is 11.8 Å². The monoisotopic (exact) mass is 396 g/mol. The number of H-pyrrole nitrogens is 1. The predicted octanol–water partition coefficient (Wildman–Crippen LogP) is 4.21. The Morgan fingerprint density at radius 2 is 2.25 bits per heavy atom. The zero-order valence-electron chi connectivity index (χ0n) is 16.1. The molecular formula is C21H24N4O2S. The van der Waals surface area contributed by atoms with E-state index in [1.165, 1.54) is 0 Å². The third-order valence-electron chi connectivity index (χ3n) is 5.34. The fraction of sp³-hybridized carbons (Fsp3) is 0.381. The van der Waals surface area contributed by atoms with Gasteiger partial charge in [-0.2, -0.15) is 4.98 Å². The molecule has 2 aromatic heterocycles. The van der Waals surface area contributed by atoms with Crippen molar-refractivity contribution in [3.05, 3.63) is 58.9 Å². The summed E-state index contributed by atoms with van der Waals surface area (Å²) in [6.07, 6.45) is 9.40. The molecule has 0 spiro atoms. The Hall–Kier alpha value is -2.54. The fourth-order valence-corrected chi connectivity index (χ4v) is 4.94. The smallest absolute Gasteiger partial charge is 0.274 e. The lowest BCUT2D eigenvalue weighted by molar-refractivity contribution is -0.130. The van der Waals surface area contributed by atoms with E-state index in [4.69, 9.17) is 4.52 Å². The lowest BCUT2D eigenvalue weighted by atomic mass is 9.92. The van der Waals surface area contributed by atoms with Gasteiger partial charge >= 0.3 is 0 Å². The van der Waals surface area contributed by atoms with E-state index >= 15 is 0 Å². The number of hydrogen-bond acceptors (Lipinski definition) is 5. The second-order valence-electron chi connectivity index (χ2n) is 7.33. The van der Waals surface area contributed by atoms with Crippen LogP contribution in [-0.4, -0.2) is 44.3 Å². The molecule has 2 aliphatic heterocycles. The maximum Gasteiger partial charge on any atom is 0.274 e. The number of piperidine rings is 1. The number of fused-ring (bicyclic) bond motifs is 1. The number of aromatic nitrogens is 3. The first-order valence-corrected chi connectivity index (χ1v) is 10.5. The zero-order valence-corrected chi connectivity index (χ0v) is 17.0. The van der Waals surface area contributed by atoms with Crippen molar-refractivity contribution in [2.45, 2.75) is 38.6 Å². The van der Waals surface area contributed by atoms with Crippen molar-refractivity contribution in [2.24, 2.45) is 0 Å². The summed E-state index contributed by atoms with van der Waals surface area (Å²) in [6.45, 7) is 8.26. The van der Waals surface area contributed by atoms with Crippen LogP contribution in [0.2, 0.25) is 0 Å². The molecule has 1 saturated heterocycles. The van der Waals surface area contributed by atoms with Gasteiger partial charge in [0, 0.05) is 40.9 Å². The molecule has 0 aliphatic carbocycles. The van der Waals surface area contributed by atoms with Crippen LogP contribution in [0.5, 0.6) is 0 Å². The van der Waals surface area contributed by atoms with Crippen molar-refractivity contribution in [1.29, 1.82) is 0 Å². The van der Waals surface area contributed by atoms with Crippen molar-refractivity contribution in [2.75, 3.05) is 12.3 Å². The molecule has 2 aliphatic rings. The molecule has 1 fully saturated rings. The van der Waals surface area contributed by atoms with E-state index in [2.05, 4.69) is 21.7 Å². The molecule has 0 aromatic carbocycles. The SMILES string of the molecule is C=CC=CC1=C(C)C(=O)N2CC(c3noc(-c4cc(C)c[nH]4)n3)CCC2CS1. The molecular weight excluding hydrogens is 372 g/mol. The molecule has 146 valence electrons. The van der Waals surface area contributed by atoms with E-state index in [9.17, 15) is 4.79 Å². The number of nitrogens with zero attached hydrogens (tertiary/aromatic N) is 3. The lowest BCUT2D eigenvalue weighted by Crippen LogP contribution is -2.47. The highest BCUT2D eigenvalue weighted by molar-refractivity contribution is 8.03. The summed E-state index contributed by atoms with van der Waals surface area (Å²) in [5.41, 5.74) is 2.73. The van der Waals surface area contributed by atoms with Crippen molar-refractivity contribution in [3.63, 3.8) is 0 Å². The average Bonchev–Trinajstić information content (AvgIpc) is 3.33. The molecule has 0 saturated carbocycles. The highest BCUT2D eigenvalue weighted by Gasteiger charge is 2.37. The Kier molecular flexibility index (Phi) is 5.26. The number of hydrogen-bond donors (Lipinski definition) is 1. The van der Waals surface area contributed by atoms with Crippen LogP contribution in [-0.2, 0) is 4.79 Å². The molecule has 0 radical (unpaired) electrons. The fourth-order valence-electron chi connectivity index (χ4n) is 3.74. The topological polar surface area (TPSA) is 75.0 Å². The summed E-state index contributed by atoms with van der Waals surface area (Å²) in [5, 5.41) is 4.20. The van der Waals surface area contributed by atoms with E-state index in [1.807, 2.05) is 43.2 Å². The Labute approximate surface area is 168 Å².